The summed E-state index contributed by atoms with van der Waals surface area (Å²) in [5.41, 5.74) is 5.97. The minimum atomic E-state index is -0.885. The molecule has 0 unspecified atom stereocenters. The summed E-state index contributed by atoms with van der Waals surface area (Å²) >= 11 is 0. The molecular formula is C12H17FN6O. The van der Waals surface area contributed by atoms with Crippen molar-refractivity contribution in [3.8, 4) is 0 Å². The van der Waals surface area contributed by atoms with Crippen LogP contribution < -0.4 is 11.1 Å². The molecule has 0 radical (unpaired) electrons. The van der Waals surface area contributed by atoms with Crippen molar-refractivity contribution in [2.75, 3.05) is 25.1 Å². The number of nitrogens with two attached hydrogens (primary N) is 1. The first kappa shape index (κ1) is 15.5. The molecule has 1 aromatic heterocycles. The molecule has 0 fully saturated rings. The highest BCUT2D eigenvalue weighted by Crippen LogP contribution is 2.24. The van der Waals surface area contributed by atoms with Crippen molar-refractivity contribution >= 4 is 29.4 Å². The SMILES string of the molecule is CCC(=O)/C(F)=C\Nc1ncnc(N=CN(C)C)c1N. The molecule has 0 saturated heterocycles. The molecule has 0 saturated carbocycles. The van der Waals surface area contributed by atoms with Crippen LogP contribution in [-0.2, 0) is 4.79 Å². The molecule has 0 aliphatic heterocycles. The Morgan fingerprint density at radius 3 is 2.85 bits per heavy atom. The second kappa shape index (κ2) is 7.17. The number of nitrogen functional groups attached to an aromatic ring is 1. The molecule has 108 valence electrons. The first-order chi connectivity index (χ1) is 9.45. The van der Waals surface area contributed by atoms with Crippen LogP contribution in [0.4, 0.5) is 21.7 Å². The molecule has 0 aromatic carbocycles. The molecule has 0 aliphatic carbocycles. The van der Waals surface area contributed by atoms with Crippen molar-refractivity contribution in [3.63, 3.8) is 0 Å². The van der Waals surface area contributed by atoms with Crippen LogP contribution >= 0.6 is 0 Å². The molecule has 20 heavy (non-hydrogen) atoms. The molecule has 8 heteroatoms. The molecule has 1 aromatic rings. The minimum Gasteiger partial charge on any atom is -0.393 e. The van der Waals surface area contributed by atoms with Gasteiger partial charge in [-0.3, -0.25) is 4.79 Å². The molecule has 0 amide bonds. The van der Waals surface area contributed by atoms with E-state index in [0.29, 0.717) is 0 Å². The molecule has 1 rings (SSSR count). The Balaban J connectivity index is 2.92. The average molecular weight is 280 g/mol. The fourth-order valence-corrected chi connectivity index (χ4v) is 1.16. The van der Waals surface area contributed by atoms with Gasteiger partial charge in [0.25, 0.3) is 0 Å². The van der Waals surface area contributed by atoms with Crippen molar-refractivity contribution in [2.24, 2.45) is 4.99 Å². The van der Waals surface area contributed by atoms with Crippen LogP contribution in [0.3, 0.4) is 0 Å². The zero-order valence-electron chi connectivity index (χ0n) is 11.6. The normalized spacial score (nSPS) is 11.7. The van der Waals surface area contributed by atoms with Gasteiger partial charge in [0, 0.05) is 26.7 Å². The maximum absolute atomic E-state index is 13.3. The van der Waals surface area contributed by atoms with E-state index in [1.165, 1.54) is 12.7 Å². The molecule has 0 bridgehead atoms. The predicted octanol–water partition coefficient (Wildman–Crippen LogP) is 1.48. The van der Waals surface area contributed by atoms with E-state index in [2.05, 4.69) is 20.3 Å². The van der Waals surface area contributed by atoms with E-state index < -0.39 is 11.6 Å². The molecular weight excluding hydrogens is 263 g/mol. The molecule has 1 heterocycles. The van der Waals surface area contributed by atoms with Crippen molar-refractivity contribution < 1.29 is 9.18 Å². The van der Waals surface area contributed by atoms with Gasteiger partial charge in [0.1, 0.15) is 12.0 Å². The summed E-state index contributed by atoms with van der Waals surface area (Å²) in [6.45, 7) is 1.57. The lowest BCUT2D eigenvalue weighted by molar-refractivity contribution is -0.116. The minimum absolute atomic E-state index is 0.0850. The van der Waals surface area contributed by atoms with Crippen molar-refractivity contribution in [1.29, 1.82) is 0 Å². The van der Waals surface area contributed by atoms with Crippen molar-refractivity contribution in [2.45, 2.75) is 13.3 Å². The highest BCUT2D eigenvalue weighted by Gasteiger charge is 2.08. The second-order valence-electron chi connectivity index (χ2n) is 4.08. The monoisotopic (exact) mass is 280 g/mol. The van der Waals surface area contributed by atoms with Gasteiger partial charge in [-0.05, 0) is 0 Å². The molecule has 0 aliphatic rings. The van der Waals surface area contributed by atoms with Gasteiger partial charge in [-0.25, -0.2) is 19.4 Å². The topological polar surface area (TPSA) is 96.5 Å². The number of halogens is 1. The van der Waals surface area contributed by atoms with Crippen LogP contribution in [-0.4, -0.2) is 41.1 Å². The Hall–Kier alpha value is -2.51. The Morgan fingerprint density at radius 1 is 1.55 bits per heavy atom. The lowest BCUT2D eigenvalue weighted by atomic mass is 10.3. The number of aromatic nitrogens is 2. The molecule has 3 N–H and O–H groups in total. The Bertz CT molecular complexity index is 541. The number of carbonyl (C=O) groups is 1. The smallest absolute Gasteiger partial charge is 0.192 e. The third-order valence-corrected chi connectivity index (χ3v) is 2.20. The average Bonchev–Trinajstić information content (AvgIpc) is 2.43. The number of nitrogens with one attached hydrogen (secondary N) is 1. The third-order valence-electron chi connectivity index (χ3n) is 2.20. The molecule has 0 atom stereocenters. The summed E-state index contributed by atoms with van der Waals surface area (Å²) in [5.74, 6) is -1.04. The van der Waals surface area contributed by atoms with Crippen LogP contribution in [0.25, 0.3) is 0 Å². The van der Waals surface area contributed by atoms with Crippen molar-refractivity contribution in [1.82, 2.24) is 14.9 Å². The van der Waals surface area contributed by atoms with Gasteiger partial charge in [0.15, 0.2) is 23.2 Å². The van der Waals surface area contributed by atoms with Crippen molar-refractivity contribution in [3.05, 3.63) is 18.4 Å². The summed E-state index contributed by atoms with van der Waals surface area (Å²) in [7, 11) is 3.60. The van der Waals surface area contributed by atoms with E-state index in [1.807, 2.05) is 0 Å². The molecule has 7 nitrogen and oxygen atoms in total. The van der Waals surface area contributed by atoms with E-state index in [-0.39, 0.29) is 23.7 Å². The summed E-state index contributed by atoms with van der Waals surface area (Å²) in [4.78, 5) is 24.6. The summed E-state index contributed by atoms with van der Waals surface area (Å²) in [5, 5.41) is 2.53. The number of Topliss-reactive ketones (excluding diaryl/α,β-unsaturated/α-hetero) is 1. The largest absolute Gasteiger partial charge is 0.393 e. The van der Waals surface area contributed by atoms with E-state index in [0.717, 1.165) is 6.20 Å². The van der Waals surface area contributed by atoms with Crippen LogP contribution in [0.5, 0.6) is 0 Å². The highest BCUT2D eigenvalue weighted by molar-refractivity contribution is 5.93. The zero-order chi connectivity index (χ0) is 15.1. The van der Waals surface area contributed by atoms with Gasteiger partial charge in [-0.2, -0.15) is 0 Å². The van der Waals surface area contributed by atoms with Crippen LogP contribution in [0.1, 0.15) is 13.3 Å². The lowest BCUT2D eigenvalue weighted by Gasteiger charge is -2.07. The molecule has 0 spiro atoms. The summed E-state index contributed by atoms with van der Waals surface area (Å²) in [6, 6.07) is 0. The maximum Gasteiger partial charge on any atom is 0.192 e. The van der Waals surface area contributed by atoms with Gasteiger partial charge >= 0.3 is 0 Å². The number of hydrogen-bond donors (Lipinski definition) is 2. The number of allylic oxidation sites excluding steroid dienone is 1. The highest BCUT2D eigenvalue weighted by atomic mass is 19.1. The zero-order valence-corrected chi connectivity index (χ0v) is 11.6. The number of rotatable bonds is 6. The third kappa shape index (κ3) is 4.30. The van der Waals surface area contributed by atoms with E-state index in [4.69, 9.17) is 5.73 Å². The number of nitrogens with zero attached hydrogens (tertiary/aromatic N) is 4. The Kier molecular flexibility index (Phi) is 5.57. The number of aliphatic imine (C=N–C) groups is 1. The second-order valence-corrected chi connectivity index (χ2v) is 4.08. The van der Waals surface area contributed by atoms with Crippen LogP contribution in [0.15, 0.2) is 23.3 Å². The quantitative estimate of drug-likeness (QED) is 0.465. The van der Waals surface area contributed by atoms with E-state index in [1.54, 1.807) is 25.9 Å². The fraction of sp³-hybridized carbons (Fsp3) is 0.333. The van der Waals surface area contributed by atoms with Crippen LogP contribution in [0, 0.1) is 0 Å². The van der Waals surface area contributed by atoms with Gasteiger partial charge in [-0.1, -0.05) is 6.92 Å². The number of anilines is 2. The first-order valence-corrected chi connectivity index (χ1v) is 5.92. The van der Waals surface area contributed by atoms with E-state index in [9.17, 15) is 9.18 Å². The lowest BCUT2D eigenvalue weighted by Crippen LogP contribution is -2.08. The Labute approximate surface area is 116 Å². The van der Waals surface area contributed by atoms with Gasteiger partial charge in [0.05, 0.1) is 6.34 Å². The van der Waals surface area contributed by atoms with E-state index >= 15 is 0 Å². The number of ketones is 1. The van der Waals surface area contributed by atoms with Gasteiger partial charge in [0.2, 0.25) is 0 Å². The summed E-state index contributed by atoms with van der Waals surface area (Å²) < 4.78 is 13.3. The fourth-order valence-electron chi connectivity index (χ4n) is 1.16. The summed E-state index contributed by atoms with van der Waals surface area (Å²) in [6.07, 6.45) is 3.78. The predicted molar refractivity (Wildman–Crippen MR) is 76.4 cm³/mol. The number of hydrogen-bond acceptors (Lipinski definition) is 6. The standard InChI is InChI=1S/C12H17FN6O/c1-4-9(20)8(13)5-15-11-10(14)12(17-6-16-11)18-7-19(2)3/h5-7H,4,14H2,1-3H3,(H,15,16,17)/b8-5+,18-7?. The maximum atomic E-state index is 13.3. The first-order valence-electron chi connectivity index (χ1n) is 5.92. The van der Waals surface area contributed by atoms with Gasteiger partial charge < -0.3 is 16.0 Å². The number of carbonyl (C=O) groups excluding carboxylic acids is 1. The Morgan fingerprint density at radius 2 is 2.25 bits per heavy atom. The van der Waals surface area contributed by atoms with Gasteiger partial charge in [-0.15, -0.1) is 0 Å². The van der Waals surface area contributed by atoms with Crippen LogP contribution in [0.2, 0.25) is 0 Å².